The fourth-order valence-electron chi connectivity index (χ4n) is 4.86. The minimum Gasteiger partial charge on any atom is -0.345 e. The monoisotopic (exact) mass is 505 g/mol. The molecule has 4 heterocycles. The molecule has 1 saturated heterocycles. The molecule has 5 rings (SSSR count). The van der Waals surface area contributed by atoms with Gasteiger partial charge in [-0.1, -0.05) is 19.1 Å². The summed E-state index contributed by atoms with van der Waals surface area (Å²) in [6.07, 6.45) is 7.32. The number of hydrogen-bond acceptors (Lipinski definition) is 7. The SMILES string of the molecule is CCN1CCN(Cc2ccc(Nc3ncc(F)c(-c4cc(F)c5c(c4)N(C(C)C)C=CC5)n3)nc2)CC1. The van der Waals surface area contributed by atoms with E-state index in [1.54, 1.807) is 6.07 Å². The molecule has 1 fully saturated rings. The lowest BCUT2D eigenvalue weighted by Gasteiger charge is -2.33. The Labute approximate surface area is 216 Å². The number of nitrogens with zero attached hydrogens (tertiary/aromatic N) is 6. The number of pyridine rings is 1. The van der Waals surface area contributed by atoms with Gasteiger partial charge in [0.05, 0.1) is 6.20 Å². The summed E-state index contributed by atoms with van der Waals surface area (Å²) in [7, 11) is 0. The van der Waals surface area contributed by atoms with Crippen molar-refractivity contribution in [2.24, 2.45) is 0 Å². The van der Waals surface area contributed by atoms with E-state index >= 15 is 4.39 Å². The van der Waals surface area contributed by atoms with Crippen molar-refractivity contribution >= 4 is 17.5 Å². The number of likely N-dealkylation sites (N-methyl/N-ethyl adjacent to an activating group) is 1. The first kappa shape index (κ1) is 25.2. The summed E-state index contributed by atoms with van der Waals surface area (Å²) in [5, 5.41) is 3.05. The maximum Gasteiger partial charge on any atom is 0.229 e. The zero-order chi connectivity index (χ0) is 25.9. The number of benzene rings is 1. The Hall–Kier alpha value is -3.43. The molecule has 2 aliphatic rings. The van der Waals surface area contributed by atoms with Crippen molar-refractivity contribution in [3.63, 3.8) is 0 Å². The molecule has 0 unspecified atom stereocenters. The smallest absolute Gasteiger partial charge is 0.229 e. The molecule has 0 aliphatic carbocycles. The standard InChI is InChI=1S/C28H33F2N7/c1-4-35-10-12-36(13-11-35)18-20-7-8-26(31-16-20)33-28-32-17-24(30)27(34-28)21-14-23(29)22-6-5-9-37(19(2)3)25(22)15-21/h5,7-9,14-17,19H,4,6,10-13,18H2,1-3H3,(H,31,32,33,34). The Bertz CT molecular complexity index is 1270. The molecule has 2 aliphatic heterocycles. The van der Waals surface area contributed by atoms with Gasteiger partial charge in [0.15, 0.2) is 5.82 Å². The van der Waals surface area contributed by atoms with Gasteiger partial charge < -0.3 is 15.1 Å². The first-order valence-corrected chi connectivity index (χ1v) is 12.9. The predicted octanol–water partition coefficient (Wildman–Crippen LogP) is 4.98. The van der Waals surface area contributed by atoms with Crippen molar-refractivity contribution in [2.75, 3.05) is 42.9 Å². The zero-order valence-corrected chi connectivity index (χ0v) is 21.6. The lowest BCUT2D eigenvalue weighted by atomic mass is 9.99. The van der Waals surface area contributed by atoms with Crippen LogP contribution < -0.4 is 10.2 Å². The van der Waals surface area contributed by atoms with Crippen LogP contribution in [0, 0.1) is 11.6 Å². The van der Waals surface area contributed by atoms with Crippen molar-refractivity contribution in [3.8, 4) is 11.3 Å². The number of fused-ring (bicyclic) bond motifs is 1. The molecular formula is C28H33F2N7. The van der Waals surface area contributed by atoms with Gasteiger partial charge in [0.2, 0.25) is 5.95 Å². The highest BCUT2D eigenvalue weighted by Gasteiger charge is 2.22. The molecular weight excluding hydrogens is 472 g/mol. The van der Waals surface area contributed by atoms with Crippen LogP contribution in [0.2, 0.25) is 0 Å². The van der Waals surface area contributed by atoms with Gasteiger partial charge in [0.25, 0.3) is 0 Å². The number of hydrogen-bond donors (Lipinski definition) is 1. The third-order valence-corrected chi connectivity index (χ3v) is 6.99. The Kier molecular flexibility index (Phi) is 7.43. The molecule has 1 aromatic carbocycles. The van der Waals surface area contributed by atoms with Crippen LogP contribution in [0.1, 0.15) is 31.9 Å². The summed E-state index contributed by atoms with van der Waals surface area (Å²) in [4.78, 5) is 19.8. The summed E-state index contributed by atoms with van der Waals surface area (Å²) < 4.78 is 29.8. The van der Waals surface area contributed by atoms with Gasteiger partial charge >= 0.3 is 0 Å². The van der Waals surface area contributed by atoms with Crippen LogP contribution in [0.3, 0.4) is 0 Å². The second kappa shape index (κ2) is 10.9. The predicted molar refractivity (Wildman–Crippen MR) is 143 cm³/mol. The number of anilines is 3. The number of allylic oxidation sites excluding steroid dienone is 1. The van der Waals surface area contributed by atoms with E-state index in [4.69, 9.17) is 0 Å². The number of nitrogens with one attached hydrogen (secondary N) is 1. The van der Waals surface area contributed by atoms with Gasteiger partial charge in [0.1, 0.15) is 17.3 Å². The molecule has 194 valence electrons. The van der Waals surface area contributed by atoms with Gasteiger partial charge in [-0.05, 0) is 50.6 Å². The van der Waals surface area contributed by atoms with E-state index in [2.05, 4.69) is 37.0 Å². The van der Waals surface area contributed by atoms with E-state index in [1.165, 1.54) is 6.07 Å². The number of halogens is 2. The van der Waals surface area contributed by atoms with Crippen LogP contribution in [0.15, 0.2) is 48.9 Å². The van der Waals surface area contributed by atoms with Gasteiger partial charge in [-0.15, -0.1) is 0 Å². The highest BCUT2D eigenvalue weighted by Crippen LogP contribution is 2.35. The Morgan fingerprint density at radius 2 is 1.76 bits per heavy atom. The van der Waals surface area contributed by atoms with Crippen LogP contribution in [0.25, 0.3) is 11.3 Å². The molecule has 0 amide bonds. The quantitative estimate of drug-likeness (QED) is 0.486. The van der Waals surface area contributed by atoms with Crippen LogP contribution in [0.4, 0.5) is 26.2 Å². The fraction of sp³-hybridized carbons (Fsp3) is 0.393. The second-order valence-corrected chi connectivity index (χ2v) is 9.82. The summed E-state index contributed by atoms with van der Waals surface area (Å²) in [5.41, 5.74) is 2.87. The molecule has 7 nitrogen and oxygen atoms in total. The second-order valence-electron chi connectivity index (χ2n) is 9.82. The lowest BCUT2D eigenvalue weighted by molar-refractivity contribution is 0.132. The summed E-state index contributed by atoms with van der Waals surface area (Å²) >= 11 is 0. The van der Waals surface area contributed by atoms with Crippen LogP contribution in [-0.2, 0) is 13.0 Å². The zero-order valence-electron chi connectivity index (χ0n) is 21.6. The van der Waals surface area contributed by atoms with Crippen LogP contribution in [-0.4, -0.2) is 63.5 Å². The molecule has 1 N–H and O–H groups in total. The molecule has 37 heavy (non-hydrogen) atoms. The first-order chi connectivity index (χ1) is 17.9. The van der Waals surface area contributed by atoms with E-state index in [9.17, 15) is 4.39 Å². The van der Waals surface area contributed by atoms with E-state index < -0.39 is 5.82 Å². The number of piperazine rings is 1. The van der Waals surface area contributed by atoms with E-state index in [1.807, 2.05) is 49.4 Å². The fourth-order valence-corrected chi connectivity index (χ4v) is 4.86. The van der Waals surface area contributed by atoms with Gasteiger partial charge in [-0.3, -0.25) is 4.90 Å². The third-order valence-electron chi connectivity index (χ3n) is 6.99. The summed E-state index contributed by atoms with van der Waals surface area (Å²) in [6, 6.07) is 7.17. The molecule has 0 bridgehead atoms. The molecule has 9 heteroatoms. The van der Waals surface area contributed by atoms with Crippen LogP contribution >= 0.6 is 0 Å². The van der Waals surface area contributed by atoms with E-state index in [0.717, 1.165) is 56.7 Å². The minimum atomic E-state index is -0.612. The Morgan fingerprint density at radius 3 is 2.46 bits per heavy atom. The van der Waals surface area contributed by atoms with Gasteiger partial charge in [-0.25, -0.2) is 23.7 Å². The van der Waals surface area contributed by atoms with Crippen molar-refractivity contribution in [3.05, 3.63) is 71.7 Å². The maximum absolute atomic E-state index is 15.0. The minimum absolute atomic E-state index is 0.0419. The number of rotatable bonds is 7. The van der Waals surface area contributed by atoms with Crippen molar-refractivity contribution < 1.29 is 8.78 Å². The normalized spacial score (nSPS) is 16.3. The Morgan fingerprint density at radius 1 is 0.973 bits per heavy atom. The molecule has 0 saturated carbocycles. The van der Waals surface area contributed by atoms with E-state index in [-0.39, 0.29) is 23.5 Å². The third kappa shape index (κ3) is 5.62. The first-order valence-electron chi connectivity index (χ1n) is 12.9. The molecule has 0 atom stereocenters. The van der Waals surface area contributed by atoms with Crippen molar-refractivity contribution in [2.45, 2.75) is 39.8 Å². The summed E-state index contributed by atoms with van der Waals surface area (Å²) in [5.74, 6) is -0.224. The topological polar surface area (TPSA) is 60.4 Å². The average Bonchev–Trinajstić information content (AvgIpc) is 2.91. The van der Waals surface area contributed by atoms with Gasteiger partial charge in [0, 0.05) is 68.0 Å². The van der Waals surface area contributed by atoms with Crippen molar-refractivity contribution in [1.29, 1.82) is 0 Å². The summed E-state index contributed by atoms with van der Waals surface area (Å²) in [6.45, 7) is 12.5. The van der Waals surface area contributed by atoms with Gasteiger partial charge in [-0.2, -0.15) is 0 Å². The van der Waals surface area contributed by atoms with Crippen molar-refractivity contribution in [1.82, 2.24) is 24.8 Å². The lowest BCUT2D eigenvalue weighted by Crippen LogP contribution is -2.45. The molecule has 0 radical (unpaired) electrons. The highest BCUT2D eigenvalue weighted by atomic mass is 19.1. The molecule has 0 spiro atoms. The van der Waals surface area contributed by atoms with E-state index in [0.29, 0.717) is 23.4 Å². The Balaban J connectivity index is 1.32. The average molecular weight is 506 g/mol. The largest absolute Gasteiger partial charge is 0.345 e. The molecule has 2 aromatic heterocycles. The highest BCUT2D eigenvalue weighted by molar-refractivity contribution is 5.72. The number of aromatic nitrogens is 3. The maximum atomic E-state index is 15.0. The molecule has 3 aromatic rings. The van der Waals surface area contributed by atoms with Crippen LogP contribution in [0.5, 0.6) is 0 Å².